The first kappa shape index (κ1) is 33.0. The van der Waals surface area contributed by atoms with Crippen LogP contribution in [0.5, 0.6) is 0 Å². The number of nitrogens with one attached hydrogen (secondary N) is 3. The third-order valence-corrected chi connectivity index (χ3v) is 8.80. The van der Waals surface area contributed by atoms with Crippen LogP contribution in [0.4, 0.5) is 11.8 Å². The van der Waals surface area contributed by atoms with Crippen LogP contribution in [-0.4, -0.2) is 87.3 Å². The van der Waals surface area contributed by atoms with Gasteiger partial charge in [0.1, 0.15) is 24.1 Å². The molecule has 1 saturated carbocycles. The van der Waals surface area contributed by atoms with Gasteiger partial charge >= 0.3 is 0 Å². The molecule has 0 unspecified atom stereocenters. The van der Waals surface area contributed by atoms with E-state index in [1.54, 1.807) is 17.8 Å². The number of aromatic nitrogens is 7. The Hall–Kier alpha value is -4.96. The molecular formula is C33H40N10O5. The van der Waals surface area contributed by atoms with E-state index in [9.17, 15) is 10.2 Å². The van der Waals surface area contributed by atoms with E-state index in [0.717, 1.165) is 25.7 Å². The fraction of sp³-hybridized carbons (Fsp3) is 0.394. The number of aryl methyl sites for hydroxylation is 1. The number of hydrogen-bond donors (Lipinski definition) is 7. The van der Waals surface area contributed by atoms with Crippen LogP contribution in [0.1, 0.15) is 66.7 Å². The van der Waals surface area contributed by atoms with Gasteiger partial charge in [-0.15, -0.1) is 10.2 Å². The third kappa shape index (κ3) is 7.13. The van der Waals surface area contributed by atoms with Crippen molar-refractivity contribution in [2.24, 2.45) is 5.73 Å². The van der Waals surface area contributed by atoms with Crippen molar-refractivity contribution in [2.45, 2.75) is 75.1 Å². The first-order valence-corrected chi connectivity index (χ1v) is 15.9. The average molecular weight is 657 g/mol. The Morgan fingerprint density at radius 3 is 2.25 bits per heavy atom. The van der Waals surface area contributed by atoms with Crippen LogP contribution in [0.25, 0.3) is 11.2 Å². The zero-order chi connectivity index (χ0) is 33.6. The minimum atomic E-state index is -1.26. The minimum absolute atomic E-state index is 0.0528. The molecule has 0 radical (unpaired) electrons. The van der Waals surface area contributed by atoms with E-state index in [2.05, 4.69) is 55.1 Å². The van der Waals surface area contributed by atoms with Crippen LogP contribution in [0.15, 0.2) is 67.0 Å². The summed E-state index contributed by atoms with van der Waals surface area (Å²) in [5, 5.41) is 44.0. The quantitative estimate of drug-likeness (QED) is 0.114. The maximum Gasteiger partial charge on any atom is 0.290 e. The van der Waals surface area contributed by atoms with E-state index in [1.807, 2.05) is 36.4 Å². The predicted molar refractivity (Wildman–Crippen MR) is 177 cm³/mol. The molecule has 1 aliphatic carbocycles. The van der Waals surface area contributed by atoms with Gasteiger partial charge in [0.15, 0.2) is 29.0 Å². The molecule has 252 valence electrons. The fourth-order valence-electron chi connectivity index (χ4n) is 6.34. The molecule has 7 rings (SSSR count). The average Bonchev–Trinajstić information content (AvgIpc) is 3.80. The summed E-state index contributed by atoms with van der Waals surface area (Å²) in [6, 6.07) is 21.1. The summed E-state index contributed by atoms with van der Waals surface area (Å²) in [5.74, 6) is 1.98. The summed E-state index contributed by atoms with van der Waals surface area (Å²) < 4.78 is 7.81. The number of imidazole rings is 1. The molecule has 1 aliphatic heterocycles. The zero-order valence-electron chi connectivity index (χ0n) is 26.4. The van der Waals surface area contributed by atoms with Gasteiger partial charge in [-0.05, 0) is 43.7 Å². The molecule has 4 heterocycles. The van der Waals surface area contributed by atoms with Crippen molar-refractivity contribution in [3.63, 3.8) is 0 Å². The number of aromatic amines is 1. The van der Waals surface area contributed by atoms with Crippen molar-refractivity contribution < 1.29 is 24.9 Å². The molecule has 3 aromatic heterocycles. The summed E-state index contributed by atoms with van der Waals surface area (Å²) in [7, 11) is 0. The summed E-state index contributed by atoms with van der Waals surface area (Å²) in [6.07, 6.45) is 0.904. The highest BCUT2D eigenvalue weighted by atomic mass is 16.6. The number of aliphatic hydroxyl groups is 2. The van der Waals surface area contributed by atoms with Gasteiger partial charge in [-0.25, -0.2) is 4.98 Å². The molecule has 48 heavy (non-hydrogen) atoms. The Morgan fingerprint density at radius 1 is 1.00 bits per heavy atom. The molecule has 0 bridgehead atoms. The molecule has 5 aromatic rings. The van der Waals surface area contributed by atoms with Crippen LogP contribution >= 0.6 is 0 Å². The maximum atomic E-state index is 11.1. The molecule has 0 spiro atoms. The van der Waals surface area contributed by atoms with Crippen molar-refractivity contribution in [2.75, 3.05) is 17.2 Å². The Bertz CT molecular complexity index is 1740. The van der Waals surface area contributed by atoms with Crippen LogP contribution in [0.2, 0.25) is 0 Å². The SMILES string of the molecule is Cc1nnc([C@H]2O[C@@H](n3cnc4c(NCC(c5ccccc5)c5ccccc5)nc(N[C@H]5CC[C@H](N)CC5)nc43)[C@H](O)[C@@H]2O)[nH]1.O=CO. The van der Waals surface area contributed by atoms with Crippen molar-refractivity contribution in [1.82, 2.24) is 34.7 Å². The summed E-state index contributed by atoms with van der Waals surface area (Å²) in [5.41, 5.74) is 9.49. The number of H-pyrrole nitrogens is 1. The highest BCUT2D eigenvalue weighted by Crippen LogP contribution is 2.39. The number of benzene rings is 2. The first-order chi connectivity index (χ1) is 23.4. The van der Waals surface area contributed by atoms with E-state index in [4.69, 9.17) is 30.3 Å². The van der Waals surface area contributed by atoms with E-state index < -0.39 is 24.5 Å². The number of nitrogens with two attached hydrogens (primary N) is 1. The fourth-order valence-corrected chi connectivity index (χ4v) is 6.34. The molecule has 15 nitrogen and oxygen atoms in total. The molecule has 15 heteroatoms. The number of fused-ring (bicyclic) bond motifs is 1. The molecular weight excluding hydrogens is 616 g/mol. The predicted octanol–water partition coefficient (Wildman–Crippen LogP) is 2.87. The van der Waals surface area contributed by atoms with E-state index >= 15 is 0 Å². The summed E-state index contributed by atoms with van der Waals surface area (Å²) >= 11 is 0. The number of carboxylic acid groups (broad SMARTS) is 1. The van der Waals surface area contributed by atoms with Crippen LogP contribution < -0.4 is 16.4 Å². The van der Waals surface area contributed by atoms with Crippen LogP contribution in [-0.2, 0) is 9.53 Å². The lowest BCUT2D eigenvalue weighted by molar-refractivity contribution is -0.122. The normalized spacial score (nSPS) is 23.9. The molecule has 2 fully saturated rings. The lowest BCUT2D eigenvalue weighted by Gasteiger charge is -2.27. The van der Waals surface area contributed by atoms with Crippen molar-refractivity contribution in [1.29, 1.82) is 0 Å². The number of rotatable bonds is 9. The zero-order valence-corrected chi connectivity index (χ0v) is 26.4. The minimum Gasteiger partial charge on any atom is -0.483 e. The number of nitrogens with zero attached hydrogens (tertiary/aromatic N) is 6. The van der Waals surface area contributed by atoms with Crippen molar-refractivity contribution in [3.8, 4) is 0 Å². The van der Waals surface area contributed by atoms with Gasteiger partial charge in [-0.1, -0.05) is 60.7 Å². The number of carbonyl (C=O) groups is 1. The highest BCUT2D eigenvalue weighted by Gasteiger charge is 2.46. The monoisotopic (exact) mass is 656 g/mol. The Balaban J connectivity index is 0.00000129. The lowest BCUT2D eigenvalue weighted by atomic mass is 9.91. The first-order valence-electron chi connectivity index (χ1n) is 15.9. The Morgan fingerprint density at radius 2 is 1.65 bits per heavy atom. The smallest absolute Gasteiger partial charge is 0.290 e. The van der Waals surface area contributed by atoms with Crippen LogP contribution in [0.3, 0.4) is 0 Å². The Labute approximate surface area is 276 Å². The second kappa shape index (κ2) is 14.9. The number of aliphatic hydroxyl groups excluding tert-OH is 2. The molecule has 0 amide bonds. The second-order valence-corrected chi connectivity index (χ2v) is 12.1. The summed E-state index contributed by atoms with van der Waals surface area (Å²) in [6.45, 7) is 2.06. The van der Waals surface area contributed by atoms with Crippen molar-refractivity contribution >= 4 is 29.4 Å². The van der Waals surface area contributed by atoms with Gasteiger partial charge < -0.3 is 41.4 Å². The number of hydrogen-bond acceptors (Lipinski definition) is 12. The lowest BCUT2D eigenvalue weighted by Crippen LogP contribution is -2.33. The van der Waals surface area contributed by atoms with E-state index in [-0.39, 0.29) is 24.5 Å². The van der Waals surface area contributed by atoms with E-state index in [1.165, 1.54) is 11.1 Å². The molecule has 2 aromatic carbocycles. The van der Waals surface area contributed by atoms with Crippen LogP contribution in [0, 0.1) is 6.92 Å². The van der Waals surface area contributed by atoms with Gasteiger partial charge in [0.25, 0.3) is 6.47 Å². The standard InChI is InChI=1S/C32H38N10O3.CH2O2/c1-18-36-29(41-40-18)27-25(43)26(44)31(45-27)42-17-35-24-28(38-32(39-30(24)42)37-22-14-12-21(33)13-15-22)34-16-23(19-8-4-2-5-9-19)20-10-6-3-7-11-20;2-1-3/h2-11,17,21-23,25-27,31,43-44H,12-16,33H2,1H3,(H,36,40,41)(H2,34,37,38,39);1H,(H,2,3)/t21-,22-,25-,26+,27-,31+;/m0./s1. The van der Waals surface area contributed by atoms with Gasteiger partial charge in [-0.3, -0.25) is 9.36 Å². The van der Waals surface area contributed by atoms with Gasteiger partial charge in [0, 0.05) is 24.5 Å². The van der Waals surface area contributed by atoms with E-state index in [0.29, 0.717) is 41.1 Å². The number of ether oxygens (including phenoxy) is 1. The molecule has 4 atom stereocenters. The Kier molecular flexibility index (Phi) is 10.2. The van der Waals surface area contributed by atoms with Gasteiger partial charge in [0.2, 0.25) is 5.95 Å². The number of anilines is 2. The largest absolute Gasteiger partial charge is 0.483 e. The second-order valence-electron chi connectivity index (χ2n) is 12.1. The molecule has 8 N–H and O–H groups in total. The van der Waals surface area contributed by atoms with Gasteiger partial charge in [-0.2, -0.15) is 9.97 Å². The highest BCUT2D eigenvalue weighted by molar-refractivity contribution is 5.84. The van der Waals surface area contributed by atoms with Gasteiger partial charge in [0.05, 0.1) is 6.33 Å². The molecule has 2 aliphatic rings. The maximum absolute atomic E-state index is 11.1. The third-order valence-electron chi connectivity index (χ3n) is 8.80. The van der Waals surface area contributed by atoms with Crippen molar-refractivity contribution in [3.05, 3.63) is 89.8 Å². The molecule has 1 saturated heterocycles. The summed E-state index contributed by atoms with van der Waals surface area (Å²) in [4.78, 5) is 25.8. The topological polar surface area (TPSA) is 222 Å².